The van der Waals surface area contributed by atoms with E-state index in [2.05, 4.69) is 26.1 Å². The van der Waals surface area contributed by atoms with Gasteiger partial charge in [0.25, 0.3) is 0 Å². The van der Waals surface area contributed by atoms with Gasteiger partial charge >= 0.3 is 0 Å². The van der Waals surface area contributed by atoms with Gasteiger partial charge in [-0.05, 0) is 37.6 Å². The molecule has 0 radical (unpaired) electrons. The second kappa shape index (κ2) is 4.43. The first kappa shape index (κ1) is 11.0. The van der Waals surface area contributed by atoms with Crippen molar-refractivity contribution in [2.75, 3.05) is 13.1 Å². The van der Waals surface area contributed by atoms with Crippen LogP contribution in [0, 0.1) is 11.8 Å². The number of likely N-dealkylation sites (N-methyl/N-ethyl adjacent to an activating group) is 1. The molecule has 0 amide bonds. The molecule has 0 spiro atoms. The normalized spacial score (nSPS) is 40.6. The van der Waals surface area contributed by atoms with E-state index in [-0.39, 0.29) is 5.54 Å². The minimum atomic E-state index is 0.242. The summed E-state index contributed by atoms with van der Waals surface area (Å²) in [6.45, 7) is 8.68. The zero-order valence-corrected chi connectivity index (χ0v) is 9.27. The van der Waals surface area contributed by atoms with Gasteiger partial charge in [-0.1, -0.05) is 20.8 Å². The zero-order valence-electron chi connectivity index (χ0n) is 9.27. The first-order chi connectivity index (χ1) is 6.12. The van der Waals surface area contributed by atoms with Gasteiger partial charge < -0.3 is 11.1 Å². The average Bonchev–Trinajstić information content (AvgIpc) is 2.03. The molecule has 1 fully saturated rings. The maximum absolute atomic E-state index is 5.89. The molecule has 1 aliphatic carbocycles. The standard InChI is InChI=1S/C11H24N2/c1-4-13-11(8-12)6-9(2)5-10(3)7-11/h9-10,13H,4-8,12H2,1-3H3. The highest BCUT2D eigenvalue weighted by molar-refractivity contribution is 4.95. The molecule has 2 nitrogen and oxygen atoms in total. The number of nitrogens with one attached hydrogen (secondary N) is 1. The summed E-state index contributed by atoms with van der Waals surface area (Å²) in [6.07, 6.45) is 3.87. The van der Waals surface area contributed by atoms with Gasteiger partial charge in [-0.15, -0.1) is 0 Å². The first-order valence-electron chi connectivity index (χ1n) is 5.57. The highest BCUT2D eigenvalue weighted by Gasteiger charge is 2.35. The van der Waals surface area contributed by atoms with Gasteiger partial charge in [-0.25, -0.2) is 0 Å². The second-order valence-electron chi connectivity index (χ2n) is 4.87. The van der Waals surface area contributed by atoms with Gasteiger partial charge in [-0.3, -0.25) is 0 Å². The summed E-state index contributed by atoms with van der Waals surface area (Å²) in [5.41, 5.74) is 6.13. The maximum atomic E-state index is 5.89. The van der Waals surface area contributed by atoms with Crippen LogP contribution >= 0.6 is 0 Å². The molecule has 0 saturated heterocycles. The lowest BCUT2D eigenvalue weighted by molar-refractivity contribution is 0.152. The monoisotopic (exact) mass is 184 g/mol. The molecule has 13 heavy (non-hydrogen) atoms. The smallest absolute Gasteiger partial charge is 0.0309 e. The average molecular weight is 184 g/mol. The Kier molecular flexibility index (Phi) is 3.74. The third-order valence-electron chi connectivity index (χ3n) is 3.23. The third kappa shape index (κ3) is 2.68. The van der Waals surface area contributed by atoms with E-state index in [0.29, 0.717) is 0 Å². The van der Waals surface area contributed by atoms with Crippen molar-refractivity contribution >= 4 is 0 Å². The Morgan fingerprint density at radius 1 is 1.31 bits per heavy atom. The van der Waals surface area contributed by atoms with E-state index in [1.807, 2.05) is 0 Å². The fourth-order valence-corrected chi connectivity index (χ4v) is 3.03. The Balaban J connectivity index is 2.62. The van der Waals surface area contributed by atoms with Gasteiger partial charge in [0.05, 0.1) is 0 Å². The number of hydrogen-bond acceptors (Lipinski definition) is 2. The van der Waals surface area contributed by atoms with Gasteiger partial charge in [0, 0.05) is 12.1 Å². The van der Waals surface area contributed by atoms with Crippen LogP contribution in [-0.4, -0.2) is 18.6 Å². The molecule has 2 atom stereocenters. The van der Waals surface area contributed by atoms with E-state index in [1.54, 1.807) is 0 Å². The lowest BCUT2D eigenvalue weighted by Gasteiger charge is -2.43. The van der Waals surface area contributed by atoms with E-state index >= 15 is 0 Å². The number of rotatable bonds is 3. The molecule has 1 rings (SSSR count). The lowest BCUT2D eigenvalue weighted by atomic mass is 9.71. The van der Waals surface area contributed by atoms with Crippen LogP contribution in [0.3, 0.4) is 0 Å². The Labute approximate surface area is 82.3 Å². The summed E-state index contributed by atoms with van der Waals surface area (Å²) in [6, 6.07) is 0. The van der Waals surface area contributed by atoms with E-state index in [9.17, 15) is 0 Å². The van der Waals surface area contributed by atoms with Crippen molar-refractivity contribution in [2.24, 2.45) is 17.6 Å². The number of hydrogen-bond donors (Lipinski definition) is 2. The minimum Gasteiger partial charge on any atom is -0.329 e. The molecule has 0 aromatic heterocycles. The van der Waals surface area contributed by atoms with Crippen LogP contribution in [0.2, 0.25) is 0 Å². The molecule has 3 N–H and O–H groups in total. The molecule has 0 heterocycles. The van der Waals surface area contributed by atoms with Crippen LogP contribution in [0.4, 0.5) is 0 Å². The largest absolute Gasteiger partial charge is 0.329 e. The lowest BCUT2D eigenvalue weighted by Crippen LogP contribution is -2.55. The molecule has 0 aromatic rings. The Hall–Kier alpha value is -0.0800. The topological polar surface area (TPSA) is 38.0 Å². The van der Waals surface area contributed by atoms with E-state index in [0.717, 1.165) is 24.9 Å². The molecule has 2 unspecified atom stereocenters. The molecule has 0 bridgehead atoms. The quantitative estimate of drug-likeness (QED) is 0.701. The van der Waals surface area contributed by atoms with Gasteiger partial charge in [0.2, 0.25) is 0 Å². The van der Waals surface area contributed by atoms with Crippen LogP contribution in [0.25, 0.3) is 0 Å². The Morgan fingerprint density at radius 2 is 1.85 bits per heavy atom. The van der Waals surface area contributed by atoms with Crippen molar-refractivity contribution in [1.29, 1.82) is 0 Å². The summed E-state index contributed by atoms with van der Waals surface area (Å²) >= 11 is 0. The molecule has 2 heteroatoms. The Bertz CT molecular complexity index is 146. The van der Waals surface area contributed by atoms with E-state index in [4.69, 9.17) is 5.73 Å². The predicted molar refractivity (Wildman–Crippen MR) is 57.6 cm³/mol. The van der Waals surface area contributed by atoms with Gasteiger partial charge in [0.1, 0.15) is 0 Å². The molecular formula is C11H24N2. The number of nitrogens with two attached hydrogens (primary N) is 1. The molecule has 1 saturated carbocycles. The maximum Gasteiger partial charge on any atom is 0.0309 e. The molecule has 1 aliphatic rings. The van der Waals surface area contributed by atoms with Crippen LogP contribution in [0.5, 0.6) is 0 Å². The van der Waals surface area contributed by atoms with Crippen LogP contribution in [0.1, 0.15) is 40.0 Å². The minimum absolute atomic E-state index is 0.242. The third-order valence-corrected chi connectivity index (χ3v) is 3.23. The molecular weight excluding hydrogens is 160 g/mol. The SMILES string of the molecule is CCNC1(CN)CC(C)CC(C)C1. The fourth-order valence-electron chi connectivity index (χ4n) is 3.03. The van der Waals surface area contributed by atoms with Crippen molar-refractivity contribution in [3.8, 4) is 0 Å². The summed E-state index contributed by atoms with van der Waals surface area (Å²) in [4.78, 5) is 0. The van der Waals surface area contributed by atoms with Crippen LogP contribution < -0.4 is 11.1 Å². The van der Waals surface area contributed by atoms with Gasteiger partial charge in [-0.2, -0.15) is 0 Å². The first-order valence-corrected chi connectivity index (χ1v) is 5.57. The van der Waals surface area contributed by atoms with Crippen molar-refractivity contribution < 1.29 is 0 Å². The predicted octanol–water partition coefficient (Wildman–Crippen LogP) is 1.75. The summed E-state index contributed by atoms with van der Waals surface area (Å²) in [5, 5.41) is 3.58. The molecule has 78 valence electrons. The fraction of sp³-hybridized carbons (Fsp3) is 1.00. The summed E-state index contributed by atoms with van der Waals surface area (Å²) < 4.78 is 0. The highest BCUT2D eigenvalue weighted by Crippen LogP contribution is 2.35. The molecule has 0 aliphatic heterocycles. The van der Waals surface area contributed by atoms with Crippen molar-refractivity contribution in [2.45, 2.75) is 45.6 Å². The summed E-state index contributed by atoms with van der Waals surface area (Å²) in [5.74, 6) is 1.65. The highest BCUT2D eigenvalue weighted by atomic mass is 15.0. The van der Waals surface area contributed by atoms with E-state index in [1.165, 1.54) is 19.3 Å². The zero-order chi connectivity index (χ0) is 9.90. The van der Waals surface area contributed by atoms with Crippen LogP contribution in [0.15, 0.2) is 0 Å². The summed E-state index contributed by atoms with van der Waals surface area (Å²) in [7, 11) is 0. The second-order valence-corrected chi connectivity index (χ2v) is 4.87. The van der Waals surface area contributed by atoms with Gasteiger partial charge in [0.15, 0.2) is 0 Å². The molecule has 0 aromatic carbocycles. The van der Waals surface area contributed by atoms with E-state index < -0.39 is 0 Å². The van der Waals surface area contributed by atoms with Crippen LogP contribution in [-0.2, 0) is 0 Å². The van der Waals surface area contributed by atoms with Crippen molar-refractivity contribution in [3.05, 3.63) is 0 Å². The Morgan fingerprint density at radius 3 is 2.23 bits per heavy atom. The van der Waals surface area contributed by atoms with Crippen molar-refractivity contribution in [1.82, 2.24) is 5.32 Å². The van der Waals surface area contributed by atoms with Crippen molar-refractivity contribution in [3.63, 3.8) is 0 Å².